The van der Waals surface area contributed by atoms with Gasteiger partial charge in [0.15, 0.2) is 0 Å². The van der Waals surface area contributed by atoms with Crippen molar-refractivity contribution in [2.45, 2.75) is 45.1 Å². The first-order chi connectivity index (χ1) is 9.65. The van der Waals surface area contributed by atoms with Crippen LogP contribution >= 0.6 is 0 Å². The van der Waals surface area contributed by atoms with Crippen molar-refractivity contribution in [1.29, 1.82) is 5.41 Å². The molecule has 1 heterocycles. The van der Waals surface area contributed by atoms with Gasteiger partial charge in [-0.15, -0.1) is 0 Å². The third-order valence-electron chi connectivity index (χ3n) is 4.04. The van der Waals surface area contributed by atoms with E-state index < -0.39 is 0 Å². The molecule has 1 aromatic heterocycles. The topological polar surface area (TPSA) is 86.2 Å². The molecule has 20 heavy (non-hydrogen) atoms. The average molecular weight is 276 g/mol. The first kappa shape index (κ1) is 14.8. The van der Waals surface area contributed by atoms with Gasteiger partial charge in [0.2, 0.25) is 0 Å². The third kappa shape index (κ3) is 3.10. The fourth-order valence-corrected chi connectivity index (χ4v) is 3.06. The highest BCUT2D eigenvalue weighted by Crippen LogP contribution is 2.29. The number of aryl methyl sites for hydroxylation is 1. The average Bonchev–Trinajstić information content (AvgIpc) is 2.45. The number of rotatable bonds is 5. The summed E-state index contributed by atoms with van der Waals surface area (Å²) in [6, 6.07) is 2.27. The molecule has 1 aromatic rings. The molecule has 0 bridgehead atoms. The van der Waals surface area contributed by atoms with Gasteiger partial charge in [-0.1, -0.05) is 19.3 Å². The molecule has 0 atom stereocenters. The molecule has 0 unspecified atom stereocenters. The van der Waals surface area contributed by atoms with Crippen LogP contribution in [-0.2, 0) is 0 Å². The highest BCUT2D eigenvalue weighted by atomic mass is 16.3. The van der Waals surface area contributed by atoms with Crippen LogP contribution in [0.5, 0.6) is 0 Å². The molecule has 1 saturated carbocycles. The standard InChI is InChI=1S/C15H24N4O/c1-11-7-8-18-15(13(11)14(16)17)19(9-10-20)12-5-3-2-4-6-12/h7-8,12,20H,2-6,9-10H2,1H3,(H3,16,17). The lowest BCUT2D eigenvalue weighted by Crippen LogP contribution is -2.40. The number of hydrogen-bond donors (Lipinski definition) is 3. The summed E-state index contributed by atoms with van der Waals surface area (Å²) in [5.41, 5.74) is 7.39. The lowest BCUT2D eigenvalue weighted by atomic mass is 9.93. The Kier molecular flexibility index (Phi) is 4.95. The molecule has 5 heteroatoms. The molecule has 0 radical (unpaired) electrons. The van der Waals surface area contributed by atoms with Crippen molar-refractivity contribution in [1.82, 2.24) is 4.98 Å². The molecule has 110 valence electrons. The first-order valence-electron chi connectivity index (χ1n) is 7.32. The summed E-state index contributed by atoms with van der Waals surface area (Å²) in [7, 11) is 0. The van der Waals surface area contributed by atoms with Gasteiger partial charge in [-0.2, -0.15) is 0 Å². The van der Waals surface area contributed by atoms with E-state index >= 15 is 0 Å². The van der Waals surface area contributed by atoms with Gasteiger partial charge in [-0.05, 0) is 31.4 Å². The number of anilines is 1. The zero-order valence-electron chi connectivity index (χ0n) is 12.1. The van der Waals surface area contributed by atoms with E-state index in [4.69, 9.17) is 11.1 Å². The predicted molar refractivity (Wildman–Crippen MR) is 81.3 cm³/mol. The van der Waals surface area contributed by atoms with Crippen molar-refractivity contribution in [2.75, 3.05) is 18.1 Å². The van der Waals surface area contributed by atoms with Crippen molar-refractivity contribution in [3.05, 3.63) is 23.4 Å². The minimum Gasteiger partial charge on any atom is -0.395 e. The smallest absolute Gasteiger partial charge is 0.140 e. The normalized spacial score (nSPS) is 16.1. The maximum absolute atomic E-state index is 9.37. The second-order valence-corrected chi connectivity index (χ2v) is 5.45. The molecule has 0 saturated heterocycles. The number of nitrogen functional groups attached to an aromatic ring is 1. The van der Waals surface area contributed by atoms with Crippen LogP contribution in [0.4, 0.5) is 5.82 Å². The van der Waals surface area contributed by atoms with Crippen LogP contribution in [0.15, 0.2) is 12.3 Å². The molecule has 0 amide bonds. The van der Waals surface area contributed by atoms with Crippen molar-refractivity contribution < 1.29 is 5.11 Å². The van der Waals surface area contributed by atoms with E-state index in [0.717, 1.165) is 24.2 Å². The summed E-state index contributed by atoms with van der Waals surface area (Å²) in [4.78, 5) is 6.59. The van der Waals surface area contributed by atoms with E-state index in [1.807, 2.05) is 13.0 Å². The van der Waals surface area contributed by atoms with Crippen LogP contribution in [0.25, 0.3) is 0 Å². The summed E-state index contributed by atoms with van der Waals surface area (Å²) >= 11 is 0. The molecule has 4 N–H and O–H groups in total. The van der Waals surface area contributed by atoms with Crippen molar-refractivity contribution in [2.24, 2.45) is 5.73 Å². The van der Waals surface area contributed by atoms with Crippen LogP contribution in [0.3, 0.4) is 0 Å². The van der Waals surface area contributed by atoms with Crippen molar-refractivity contribution >= 4 is 11.7 Å². The second-order valence-electron chi connectivity index (χ2n) is 5.45. The number of aliphatic hydroxyl groups is 1. The largest absolute Gasteiger partial charge is 0.395 e. The predicted octanol–water partition coefficient (Wildman–Crippen LogP) is 1.81. The Morgan fingerprint density at radius 2 is 2.15 bits per heavy atom. The zero-order valence-corrected chi connectivity index (χ0v) is 12.1. The Hall–Kier alpha value is -1.62. The molecule has 0 spiro atoms. The Bertz CT molecular complexity index is 469. The molecule has 0 aliphatic heterocycles. The maximum Gasteiger partial charge on any atom is 0.140 e. The number of pyridine rings is 1. The Balaban J connectivity index is 2.38. The molecule has 2 rings (SSSR count). The number of hydrogen-bond acceptors (Lipinski definition) is 4. The van der Waals surface area contributed by atoms with Crippen molar-refractivity contribution in [3.63, 3.8) is 0 Å². The number of amidine groups is 1. The van der Waals surface area contributed by atoms with Crippen LogP contribution < -0.4 is 10.6 Å². The van der Waals surface area contributed by atoms with E-state index in [1.165, 1.54) is 19.3 Å². The number of nitrogens with zero attached hydrogens (tertiary/aromatic N) is 2. The summed E-state index contributed by atoms with van der Waals surface area (Å²) in [6.07, 6.45) is 7.70. The highest BCUT2D eigenvalue weighted by molar-refractivity contribution is 6.01. The fraction of sp³-hybridized carbons (Fsp3) is 0.600. The van der Waals surface area contributed by atoms with E-state index in [9.17, 15) is 5.11 Å². The maximum atomic E-state index is 9.37. The van der Waals surface area contributed by atoms with Crippen LogP contribution in [0.1, 0.15) is 43.2 Å². The molecule has 1 aliphatic carbocycles. The summed E-state index contributed by atoms with van der Waals surface area (Å²) in [5, 5.41) is 17.2. The summed E-state index contributed by atoms with van der Waals surface area (Å²) in [5.74, 6) is 0.794. The van der Waals surface area contributed by atoms with Gasteiger partial charge in [-0.25, -0.2) is 4.98 Å². The summed E-state index contributed by atoms with van der Waals surface area (Å²) < 4.78 is 0. The lowest BCUT2D eigenvalue weighted by molar-refractivity contribution is 0.289. The molecule has 5 nitrogen and oxygen atoms in total. The van der Waals surface area contributed by atoms with Crippen LogP contribution in [0.2, 0.25) is 0 Å². The minimum atomic E-state index is 0.0457. The fourth-order valence-electron chi connectivity index (χ4n) is 3.06. The molecule has 0 aromatic carbocycles. The quantitative estimate of drug-likeness (QED) is 0.565. The van der Waals surface area contributed by atoms with Crippen LogP contribution in [-0.4, -0.2) is 35.1 Å². The van der Waals surface area contributed by atoms with E-state index in [0.29, 0.717) is 18.2 Å². The van der Waals surface area contributed by atoms with Gasteiger partial charge >= 0.3 is 0 Å². The number of nitrogens with two attached hydrogens (primary N) is 1. The highest BCUT2D eigenvalue weighted by Gasteiger charge is 2.25. The van der Waals surface area contributed by atoms with E-state index in [-0.39, 0.29) is 12.4 Å². The number of aromatic nitrogens is 1. The first-order valence-corrected chi connectivity index (χ1v) is 7.32. The molecular weight excluding hydrogens is 252 g/mol. The lowest BCUT2D eigenvalue weighted by Gasteiger charge is -2.36. The van der Waals surface area contributed by atoms with Gasteiger partial charge in [0.25, 0.3) is 0 Å². The van der Waals surface area contributed by atoms with E-state index in [1.54, 1.807) is 6.20 Å². The van der Waals surface area contributed by atoms with Gasteiger partial charge in [0, 0.05) is 18.8 Å². The van der Waals surface area contributed by atoms with Gasteiger partial charge in [0.1, 0.15) is 11.7 Å². The summed E-state index contributed by atoms with van der Waals surface area (Å²) in [6.45, 7) is 2.57. The number of nitrogens with one attached hydrogen (secondary N) is 1. The van der Waals surface area contributed by atoms with Gasteiger partial charge < -0.3 is 15.7 Å². The SMILES string of the molecule is Cc1ccnc(N(CCO)C2CCCCC2)c1C(=N)N. The molecular formula is C15H24N4O. The zero-order chi connectivity index (χ0) is 14.5. The monoisotopic (exact) mass is 276 g/mol. The van der Waals surface area contributed by atoms with Crippen LogP contribution in [0, 0.1) is 12.3 Å². The van der Waals surface area contributed by atoms with Gasteiger partial charge in [0.05, 0.1) is 12.2 Å². The Labute approximate surface area is 120 Å². The molecule has 1 fully saturated rings. The molecule has 1 aliphatic rings. The van der Waals surface area contributed by atoms with E-state index in [2.05, 4.69) is 9.88 Å². The van der Waals surface area contributed by atoms with Gasteiger partial charge in [-0.3, -0.25) is 5.41 Å². The Morgan fingerprint density at radius 1 is 1.45 bits per heavy atom. The second kappa shape index (κ2) is 6.70. The Morgan fingerprint density at radius 3 is 2.75 bits per heavy atom. The third-order valence-corrected chi connectivity index (χ3v) is 4.04. The van der Waals surface area contributed by atoms with Crippen molar-refractivity contribution in [3.8, 4) is 0 Å². The number of aliphatic hydroxyl groups excluding tert-OH is 1. The minimum absolute atomic E-state index is 0.0457.